The van der Waals surface area contributed by atoms with Crippen LogP contribution in [-0.2, 0) is 0 Å². The van der Waals surface area contributed by atoms with Crippen LogP contribution in [0, 0.1) is 13.8 Å². The molecule has 6 rings (SSSR count). The lowest BCUT2D eigenvalue weighted by Crippen LogP contribution is -2.44. The fourth-order valence-electron chi connectivity index (χ4n) is 6.19. The number of nitrogens with zero attached hydrogens (tertiary/aromatic N) is 2. The molecule has 0 aromatic heterocycles. The van der Waals surface area contributed by atoms with Crippen LogP contribution >= 0.6 is 0 Å². The Bertz CT molecular complexity index is 1610. The molecule has 0 atom stereocenters. The molecule has 4 amide bonds. The number of para-hydroxylation sites is 2. The van der Waals surface area contributed by atoms with Gasteiger partial charge in [-0.1, -0.05) is 64.1 Å². The molecule has 0 unspecified atom stereocenters. The van der Waals surface area contributed by atoms with Crippen LogP contribution in [0.15, 0.2) is 60.7 Å². The van der Waals surface area contributed by atoms with Crippen LogP contribution in [0.25, 0.3) is 10.8 Å². The summed E-state index contributed by atoms with van der Waals surface area (Å²) in [5.74, 6) is -1.65. The molecule has 6 heteroatoms. The van der Waals surface area contributed by atoms with Gasteiger partial charge in [-0.25, -0.2) is 9.80 Å². The van der Waals surface area contributed by atoms with Gasteiger partial charge in [0.25, 0.3) is 23.6 Å². The van der Waals surface area contributed by atoms with Crippen molar-refractivity contribution in [2.75, 3.05) is 9.80 Å². The van der Waals surface area contributed by atoms with E-state index >= 15 is 0 Å². The summed E-state index contributed by atoms with van der Waals surface area (Å²) in [6, 6.07) is 18.0. The van der Waals surface area contributed by atoms with Crippen LogP contribution in [0.3, 0.4) is 0 Å². The lowest BCUT2D eigenvalue weighted by molar-refractivity contribution is 0.0872. The second-order valence-corrected chi connectivity index (χ2v) is 11.3. The van der Waals surface area contributed by atoms with Crippen molar-refractivity contribution in [2.24, 2.45) is 0 Å². The molecule has 0 bridgehead atoms. The van der Waals surface area contributed by atoms with Gasteiger partial charge in [0.15, 0.2) is 0 Å². The van der Waals surface area contributed by atoms with Gasteiger partial charge in [-0.15, -0.1) is 0 Å². The summed E-state index contributed by atoms with van der Waals surface area (Å²) >= 11 is 0. The van der Waals surface area contributed by atoms with Gasteiger partial charge in [0.05, 0.1) is 11.4 Å². The Kier molecular flexibility index (Phi) is 5.77. The molecule has 0 radical (unpaired) electrons. The predicted molar refractivity (Wildman–Crippen MR) is 157 cm³/mol. The molecule has 200 valence electrons. The van der Waals surface area contributed by atoms with E-state index < -0.39 is 23.6 Å². The van der Waals surface area contributed by atoms with Crippen molar-refractivity contribution in [3.05, 3.63) is 105 Å². The average molecular weight is 531 g/mol. The number of benzene rings is 4. The molecule has 4 aromatic rings. The van der Waals surface area contributed by atoms with Crippen molar-refractivity contribution in [3.63, 3.8) is 0 Å². The normalized spacial score (nSPS) is 14.8. The van der Waals surface area contributed by atoms with Crippen LogP contribution in [0.1, 0.15) is 103 Å². The molecule has 0 aliphatic carbocycles. The predicted octanol–water partition coefficient (Wildman–Crippen LogP) is 7.30. The van der Waals surface area contributed by atoms with Crippen LogP contribution in [0.4, 0.5) is 11.4 Å². The first kappa shape index (κ1) is 25.7. The van der Waals surface area contributed by atoms with E-state index in [-0.39, 0.29) is 11.8 Å². The van der Waals surface area contributed by atoms with Gasteiger partial charge in [0, 0.05) is 33.0 Å². The lowest BCUT2D eigenvalue weighted by Gasteiger charge is -2.34. The van der Waals surface area contributed by atoms with E-state index in [0.29, 0.717) is 44.4 Å². The monoisotopic (exact) mass is 530 g/mol. The van der Waals surface area contributed by atoms with E-state index in [1.54, 1.807) is 24.3 Å². The second-order valence-electron chi connectivity index (χ2n) is 11.3. The first-order valence-corrected chi connectivity index (χ1v) is 13.6. The number of imide groups is 2. The summed E-state index contributed by atoms with van der Waals surface area (Å²) < 4.78 is 0. The molecular formula is C34H30N2O4. The number of carbonyl (C=O) groups is 4. The molecule has 2 aliphatic rings. The molecule has 2 aliphatic heterocycles. The maximum atomic E-state index is 14.0. The maximum absolute atomic E-state index is 14.0. The van der Waals surface area contributed by atoms with Gasteiger partial charge in [-0.3, -0.25) is 19.2 Å². The highest BCUT2D eigenvalue weighted by molar-refractivity contribution is 6.42. The minimum atomic E-state index is -0.458. The number of aryl methyl sites for hydroxylation is 2. The van der Waals surface area contributed by atoms with E-state index in [1.807, 2.05) is 77.9 Å². The standard InChI is InChI=1S/C34H30N2O4/c1-17(2)21-11-7-9-19(5)29(21)35-31(37)23-13-15-25-28-26(16-14-24(27(23)28)32(35)38)34(40)36(33(25)39)30-20(6)10-8-12-22(30)18(3)4/h7-18H,1-6H3. The molecule has 6 nitrogen and oxygen atoms in total. The Morgan fingerprint density at radius 2 is 0.775 bits per heavy atom. The molecule has 0 spiro atoms. The van der Waals surface area contributed by atoms with E-state index in [0.717, 1.165) is 22.3 Å². The van der Waals surface area contributed by atoms with Crippen molar-refractivity contribution in [1.82, 2.24) is 0 Å². The first-order chi connectivity index (χ1) is 19.0. The van der Waals surface area contributed by atoms with Crippen molar-refractivity contribution < 1.29 is 19.2 Å². The van der Waals surface area contributed by atoms with Crippen LogP contribution in [0.2, 0.25) is 0 Å². The third kappa shape index (κ3) is 3.41. The summed E-state index contributed by atoms with van der Waals surface area (Å²) in [5, 5.41) is 0.743. The number of amides is 4. The zero-order valence-corrected chi connectivity index (χ0v) is 23.5. The Balaban J connectivity index is 1.57. The first-order valence-electron chi connectivity index (χ1n) is 13.6. The molecule has 0 saturated carbocycles. The van der Waals surface area contributed by atoms with Crippen molar-refractivity contribution in [2.45, 2.75) is 53.4 Å². The number of rotatable bonds is 4. The Morgan fingerprint density at radius 1 is 0.475 bits per heavy atom. The third-order valence-electron chi connectivity index (χ3n) is 8.12. The number of anilines is 2. The Morgan fingerprint density at radius 3 is 1.05 bits per heavy atom. The van der Waals surface area contributed by atoms with Gasteiger partial charge in [-0.2, -0.15) is 0 Å². The summed E-state index contributed by atoms with van der Waals surface area (Å²) in [6.07, 6.45) is 0. The van der Waals surface area contributed by atoms with Crippen LogP contribution in [0.5, 0.6) is 0 Å². The molecular weight excluding hydrogens is 500 g/mol. The second kappa shape index (κ2) is 8.98. The van der Waals surface area contributed by atoms with Crippen molar-refractivity contribution >= 4 is 45.8 Å². The number of hydrogen-bond acceptors (Lipinski definition) is 4. The highest BCUT2D eigenvalue weighted by atomic mass is 16.2. The molecule has 40 heavy (non-hydrogen) atoms. The fourth-order valence-corrected chi connectivity index (χ4v) is 6.19. The zero-order chi connectivity index (χ0) is 28.6. The highest BCUT2D eigenvalue weighted by Crippen LogP contribution is 2.43. The smallest absolute Gasteiger partial charge is 0.266 e. The van der Waals surface area contributed by atoms with Crippen molar-refractivity contribution in [3.8, 4) is 0 Å². The van der Waals surface area contributed by atoms with Gasteiger partial charge in [-0.05, 0) is 72.2 Å². The summed E-state index contributed by atoms with van der Waals surface area (Å²) in [6.45, 7) is 11.9. The van der Waals surface area contributed by atoms with E-state index in [2.05, 4.69) is 0 Å². The summed E-state index contributed by atoms with van der Waals surface area (Å²) in [5.41, 5.74) is 5.84. The molecule has 0 N–H and O–H groups in total. The molecule has 0 saturated heterocycles. The van der Waals surface area contributed by atoms with Crippen molar-refractivity contribution in [1.29, 1.82) is 0 Å². The van der Waals surface area contributed by atoms with Crippen LogP contribution < -0.4 is 9.80 Å². The topological polar surface area (TPSA) is 74.8 Å². The largest absolute Gasteiger partial charge is 0.268 e. The van der Waals surface area contributed by atoms with E-state index in [4.69, 9.17) is 0 Å². The van der Waals surface area contributed by atoms with Gasteiger partial charge >= 0.3 is 0 Å². The third-order valence-corrected chi connectivity index (χ3v) is 8.12. The highest BCUT2D eigenvalue weighted by Gasteiger charge is 2.42. The minimum Gasteiger partial charge on any atom is -0.268 e. The SMILES string of the molecule is Cc1cccc(C(C)C)c1N1C(=O)c2ccc3c4c(ccc(c24)C1=O)C(=O)N(c1c(C)cccc1C(C)C)C3=O. The average Bonchev–Trinajstić information content (AvgIpc) is 2.91. The minimum absolute atomic E-state index is 0.0886. The number of hydrogen-bond donors (Lipinski definition) is 0. The quantitative estimate of drug-likeness (QED) is 0.259. The molecule has 2 heterocycles. The summed E-state index contributed by atoms with van der Waals surface area (Å²) in [4.78, 5) is 58.5. The van der Waals surface area contributed by atoms with Gasteiger partial charge in [0.2, 0.25) is 0 Å². The van der Waals surface area contributed by atoms with E-state index in [1.165, 1.54) is 9.80 Å². The number of carbonyl (C=O) groups excluding carboxylic acids is 4. The lowest BCUT2D eigenvalue weighted by atomic mass is 9.84. The zero-order valence-electron chi connectivity index (χ0n) is 23.5. The van der Waals surface area contributed by atoms with Gasteiger partial charge < -0.3 is 0 Å². The molecule has 4 aromatic carbocycles. The van der Waals surface area contributed by atoms with Crippen LogP contribution in [-0.4, -0.2) is 23.6 Å². The fraction of sp³-hybridized carbons (Fsp3) is 0.235. The van der Waals surface area contributed by atoms with E-state index in [9.17, 15) is 19.2 Å². The maximum Gasteiger partial charge on any atom is 0.266 e. The Hall–Kier alpha value is -4.58. The molecule has 0 fully saturated rings. The van der Waals surface area contributed by atoms with Gasteiger partial charge in [0.1, 0.15) is 0 Å². The summed E-state index contributed by atoms with van der Waals surface area (Å²) in [7, 11) is 0. The Labute approximate surface area is 233 Å².